The van der Waals surface area contributed by atoms with Crippen LogP contribution < -0.4 is 11.1 Å². The minimum Gasteiger partial charge on any atom is -0.345 e. The van der Waals surface area contributed by atoms with Crippen LogP contribution >= 0.6 is 0 Å². The summed E-state index contributed by atoms with van der Waals surface area (Å²) in [5, 5.41) is 11.0. The van der Waals surface area contributed by atoms with Gasteiger partial charge < -0.3 is 11.1 Å². The second kappa shape index (κ2) is 5.62. The summed E-state index contributed by atoms with van der Waals surface area (Å²) in [6.45, 7) is 5.42. The monoisotopic (exact) mass is 259 g/mol. The first-order valence-electron chi connectivity index (χ1n) is 6.10. The molecule has 19 heavy (non-hydrogen) atoms. The molecule has 100 valence electrons. The molecule has 2 rings (SSSR count). The van der Waals surface area contributed by atoms with E-state index in [1.165, 1.54) is 0 Å². The molecule has 0 saturated carbocycles. The Morgan fingerprint density at radius 2 is 2.37 bits per heavy atom. The van der Waals surface area contributed by atoms with Crippen molar-refractivity contribution >= 4 is 11.6 Å². The van der Waals surface area contributed by atoms with E-state index in [0.29, 0.717) is 12.2 Å². The molecule has 6 heteroatoms. The Balaban J connectivity index is 2.14. The van der Waals surface area contributed by atoms with Gasteiger partial charge in [-0.3, -0.25) is 9.20 Å². The van der Waals surface area contributed by atoms with Gasteiger partial charge in [-0.15, -0.1) is 16.8 Å². The van der Waals surface area contributed by atoms with Gasteiger partial charge in [0.2, 0.25) is 5.91 Å². The number of hydrogen-bond acceptors (Lipinski definition) is 4. The summed E-state index contributed by atoms with van der Waals surface area (Å²) in [6, 6.07) is 4.78. The van der Waals surface area contributed by atoms with E-state index < -0.39 is 6.04 Å². The number of carbonyl (C=O) groups is 1. The smallest absolute Gasteiger partial charge is 0.237 e. The minimum absolute atomic E-state index is 0.222. The fourth-order valence-corrected chi connectivity index (χ4v) is 1.83. The Morgan fingerprint density at radius 3 is 3.11 bits per heavy atom. The van der Waals surface area contributed by atoms with E-state index in [-0.39, 0.29) is 11.9 Å². The Bertz CT molecular complexity index is 591. The Hall–Kier alpha value is -2.21. The van der Waals surface area contributed by atoms with Crippen molar-refractivity contribution in [3.05, 3.63) is 42.9 Å². The molecule has 0 spiro atoms. The lowest BCUT2D eigenvalue weighted by atomic mass is 10.2. The van der Waals surface area contributed by atoms with E-state index >= 15 is 0 Å². The predicted octanol–water partition coefficient (Wildman–Crippen LogP) is 0.810. The molecule has 0 aliphatic rings. The number of nitrogens with one attached hydrogen (secondary N) is 1. The highest BCUT2D eigenvalue weighted by atomic mass is 16.2. The normalized spacial score (nSPS) is 14.0. The van der Waals surface area contributed by atoms with Crippen molar-refractivity contribution in [3.8, 4) is 0 Å². The molecule has 0 saturated heterocycles. The van der Waals surface area contributed by atoms with E-state index in [1.54, 1.807) is 6.08 Å². The highest BCUT2D eigenvalue weighted by Gasteiger charge is 2.18. The van der Waals surface area contributed by atoms with Crippen LogP contribution in [-0.4, -0.2) is 26.5 Å². The molecule has 0 aromatic carbocycles. The highest BCUT2D eigenvalue weighted by Crippen LogP contribution is 2.11. The van der Waals surface area contributed by atoms with Crippen LogP contribution in [0.25, 0.3) is 5.65 Å². The average Bonchev–Trinajstić information content (AvgIpc) is 2.82. The number of rotatable bonds is 5. The van der Waals surface area contributed by atoms with Gasteiger partial charge in [0.25, 0.3) is 0 Å². The molecule has 2 atom stereocenters. The summed E-state index contributed by atoms with van der Waals surface area (Å²) < 4.78 is 1.84. The van der Waals surface area contributed by atoms with Gasteiger partial charge in [-0.2, -0.15) is 0 Å². The van der Waals surface area contributed by atoms with Crippen molar-refractivity contribution in [2.75, 3.05) is 0 Å². The van der Waals surface area contributed by atoms with Crippen molar-refractivity contribution in [3.63, 3.8) is 0 Å². The summed E-state index contributed by atoms with van der Waals surface area (Å²) in [7, 11) is 0. The van der Waals surface area contributed by atoms with Gasteiger partial charge in [0.15, 0.2) is 11.5 Å². The first kappa shape index (κ1) is 13.2. The van der Waals surface area contributed by atoms with E-state index in [0.717, 1.165) is 5.65 Å². The third kappa shape index (κ3) is 2.79. The van der Waals surface area contributed by atoms with Crippen LogP contribution in [0.4, 0.5) is 0 Å². The fourth-order valence-electron chi connectivity index (χ4n) is 1.83. The van der Waals surface area contributed by atoms with Crippen LogP contribution in [0.2, 0.25) is 0 Å². The molecule has 0 aliphatic heterocycles. The third-order valence-corrected chi connectivity index (χ3v) is 2.84. The van der Waals surface area contributed by atoms with Gasteiger partial charge >= 0.3 is 0 Å². The predicted molar refractivity (Wildman–Crippen MR) is 72.3 cm³/mol. The van der Waals surface area contributed by atoms with Crippen molar-refractivity contribution in [2.24, 2.45) is 5.73 Å². The maximum absolute atomic E-state index is 11.8. The Kier molecular flexibility index (Phi) is 3.91. The molecule has 2 aromatic rings. The van der Waals surface area contributed by atoms with E-state index in [1.807, 2.05) is 35.7 Å². The van der Waals surface area contributed by atoms with Crippen molar-refractivity contribution in [1.82, 2.24) is 19.9 Å². The second-order valence-electron chi connectivity index (χ2n) is 4.35. The zero-order chi connectivity index (χ0) is 13.8. The second-order valence-corrected chi connectivity index (χ2v) is 4.35. The highest BCUT2D eigenvalue weighted by molar-refractivity contribution is 5.81. The number of aromatic nitrogens is 3. The van der Waals surface area contributed by atoms with Crippen LogP contribution in [0.3, 0.4) is 0 Å². The number of nitrogens with zero attached hydrogens (tertiary/aromatic N) is 3. The Labute approximate surface area is 111 Å². The number of fused-ring (bicyclic) bond motifs is 1. The first-order valence-corrected chi connectivity index (χ1v) is 6.10. The van der Waals surface area contributed by atoms with E-state index in [9.17, 15) is 4.79 Å². The summed E-state index contributed by atoms with van der Waals surface area (Å²) in [4.78, 5) is 11.8. The number of pyridine rings is 1. The zero-order valence-electron chi connectivity index (χ0n) is 10.8. The lowest BCUT2D eigenvalue weighted by Gasteiger charge is -2.15. The van der Waals surface area contributed by atoms with Crippen LogP contribution in [0, 0.1) is 0 Å². The summed E-state index contributed by atoms with van der Waals surface area (Å²) >= 11 is 0. The number of amides is 1. The molecule has 6 nitrogen and oxygen atoms in total. The molecular formula is C13H17N5O. The number of hydrogen-bond donors (Lipinski definition) is 2. The van der Waals surface area contributed by atoms with Gasteiger partial charge in [-0.25, -0.2) is 0 Å². The molecule has 2 unspecified atom stereocenters. The van der Waals surface area contributed by atoms with Crippen LogP contribution in [-0.2, 0) is 4.79 Å². The molecule has 3 N–H and O–H groups in total. The van der Waals surface area contributed by atoms with Gasteiger partial charge in [0.05, 0.1) is 12.1 Å². The van der Waals surface area contributed by atoms with Crippen LogP contribution in [0.1, 0.15) is 25.2 Å². The molecule has 0 fully saturated rings. The molecule has 0 aliphatic carbocycles. The SMILES string of the molecule is C=CCC(N)C(=O)NC(C)c1nnc2ccccn12. The number of carbonyl (C=O) groups excluding carboxylic acids is 1. The van der Waals surface area contributed by atoms with Crippen molar-refractivity contribution < 1.29 is 4.79 Å². The van der Waals surface area contributed by atoms with Gasteiger partial charge in [-0.1, -0.05) is 12.1 Å². The maximum atomic E-state index is 11.8. The lowest BCUT2D eigenvalue weighted by molar-refractivity contribution is -0.123. The molecule has 0 radical (unpaired) electrons. The topological polar surface area (TPSA) is 85.3 Å². The molecule has 0 bridgehead atoms. The standard InChI is InChI=1S/C13H17N5O/c1-3-6-10(14)13(19)15-9(2)12-17-16-11-7-4-5-8-18(11)12/h3-5,7-10H,1,6,14H2,2H3,(H,15,19). The first-order chi connectivity index (χ1) is 9.13. The molecule has 2 aromatic heterocycles. The molecule has 2 heterocycles. The van der Waals surface area contributed by atoms with E-state index in [2.05, 4.69) is 22.1 Å². The maximum Gasteiger partial charge on any atom is 0.237 e. The minimum atomic E-state index is -0.584. The van der Waals surface area contributed by atoms with Crippen LogP contribution in [0.15, 0.2) is 37.1 Å². The van der Waals surface area contributed by atoms with Gasteiger partial charge in [0.1, 0.15) is 0 Å². The average molecular weight is 259 g/mol. The lowest BCUT2D eigenvalue weighted by Crippen LogP contribution is -2.41. The molecular weight excluding hydrogens is 242 g/mol. The van der Waals surface area contributed by atoms with Crippen molar-refractivity contribution in [2.45, 2.75) is 25.4 Å². The fraction of sp³-hybridized carbons (Fsp3) is 0.308. The summed E-state index contributed by atoms with van der Waals surface area (Å²) in [5.74, 6) is 0.454. The summed E-state index contributed by atoms with van der Waals surface area (Å²) in [6.07, 6.45) is 3.93. The zero-order valence-corrected chi connectivity index (χ0v) is 10.8. The molecule has 1 amide bonds. The van der Waals surface area contributed by atoms with E-state index in [4.69, 9.17) is 5.73 Å². The third-order valence-electron chi connectivity index (χ3n) is 2.84. The van der Waals surface area contributed by atoms with Gasteiger partial charge in [-0.05, 0) is 25.5 Å². The van der Waals surface area contributed by atoms with Gasteiger partial charge in [0, 0.05) is 6.20 Å². The quantitative estimate of drug-likeness (QED) is 0.778. The largest absolute Gasteiger partial charge is 0.345 e. The number of nitrogens with two attached hydrogens (primary N) is 1. The van der Waals surface area contributed by atoms with Crippen LogP contribution in [0.5, 0.6) is 0 Å². The Morgan fingerprint density at radius 1 is 1.58 bits per heavy atom. The van der Waals surface area contributed by atoms with Crippen molar-refractivity contribution in [1.29, 1.82) is 0 Å². The summed E-state index contributed by atoms with van der Waals surface area (Å²) in [5.41, 5.74) is 6.46.